The van der Waals surface area contributed by atoms with Crippen molar-refractivity contribution in [3.8, 4) is 0 Å². The maximum absolute atomic E-state index is 10.6. The summed E-state index contributed by atoms with van der Waals surface area (Å²) in [4.78, 5) is 10.6. The van der Waals surface area contributed by atoms with Crippen molar-refractivity contribution in [1.29, 1.82) is 0 Å². The third kappa shape index (κ3) is 0.669. The third-order valence-electron chi connectivity index (χ3n) is 2.87. The average Bonchev–Trinajstić information content (AvgIpc) is 2.38. The zero-order chi connectivity index (χ0) is 7.94. The first kappa shape index (κ1) is 7.54. The molecule has 58 valence electrons. The number of carbonyl (C=O) groups is 1. The normalized spacial score (nSPS) is 45.1. The Morgan fingerprint density at radius 2 is 2.20 bits per heavy atom. The number of aliphatic hydroxyl groups excluding tert-OH is 1. The summed E-state index contributed by atoms with van der Waals surface area (Å²) in [7, 11) is 0. The van der Waals surface area contributed by atoms with Crippen molar-refractivity contribution in [2.75, 3.05) is 6.61 Å². The molecule has 2 N–H and O–H groups in total. The van der Waals surface area contributed by atoms with E-state index in [-0.39, 0.29) is 18.4 Å². The number of aliphatic hydroxyl groups is 1. The molecule has 0 heterocycles. The Kier molecular flexibility index (Phi) is 1.47. The van der Waals surface area contributed by atoms with E-state index in [1.807, 2.05) is 6.92 Å². The van der Waals surface area contributed by atoms with Gasteiger partial charge in [0.1, 0.15) is 0 Å². The van der Waals surface area contributed by atoms with Gasteiger partial charge in [-0.05, 0) is 12.8 Å². The van der Waals surface area contributed by atoms with E-state index in [4.69, 9.17) is 10.2 Å². The van der Waals surface area contributed by atoms with E-state index in [2.05, 4.69) is 0 Å². The second-order valence-corrected chi connectivity index (χ2v) is 3.17. The van der Waals surface area contributed by atoms with Gasteiger partial charge in [-0.15, -0.1) is 0 Å². The smallest absolute Gasteiger partial charge is 0.310 e. The molecule has 0 unspecified atom stereocenters. The van der Waals surface area contributed by atoms with Gasteiger partial charge >= 0.3 is 5.97 Å². The molecule has 1 fully saturated rings. The van der Waals surface area contributed by atoms with Crippen LogP contribution >= 0.6 is 0 Å². The first-order valence-electron chi connectivity index (χ1n) is 3.39. The number of hydrogen-bond donors (Lipinski definition) is 2. The molecule has 1 aliphatic carbocycles. The Morgan fingerprint density at radius 1 is 1.70 bits per heavy atom. The van der Waals surface area contributed by atoms with Crippen molar-refractivity contribution in [2.45, 2.75) is 13.8 Å². The van der Waals surface area contributed by atoms with Crippen molar-refractivity contribution in [3.63, 3.8) is 0 Å². The Morgan fingerprint density at radius 3 is 2.30 bits per heavy atom. The van der Waals surface area contributed by atoms with Crippen molar-refractivity contribution >= 4 is 5.97 Å². The van der Waals surface area contributed by atoms with Crippen LogP contribution in [0.1, 0.15) is 13.8 Å². The summed E-state index contributed by atoms with van der Waals surface area (Å²) in [6.45, 7) is 3.53. The lowest BCUT2D eigenvalue weighted by Gasteiger charge is -2.01. The molecule has 0 amide bonds. The van der Waals surface area contributed by atoms with Crippen LogP contribution in [-0.2, 0) is 4.79 Å². The molecule has 0 aromatic rings. The van der Waals surface area contributed by atoms with E-state index in [0.717, 1.165) is 0 Å². The van der Waals surface area contributed by atoms with Gasteiger partial charge in [0.2, 0.25) is 0 Å². The van der Waals surface area contributed by atoms with Gasteiger partial charge in [0.15, 0.2) is 0 Å². The first-order valence-corrected chi connectivity index (χ1v) is 3.39. The fourth-order valence-electron chi connectivity index (χ4n) is 1.54. The second kappa shape index (κ2) is 1.95. The molecule has 0 radical (unpaired) electrons. The summed E-state index contributed by atoms with van der Waals surface area (Å²) >= 11 is 0. The van der Waals surface area contributed by atoms with Crippen LogP contribution in [0.5, 0.6) is 0 Å². The lowest BCUT2D eigenvalue weighted by atomic mass is 10.1. The van der Waals surface area contributed by atoms with Crippen molar-refractivity contribution in [2.24, 2.45) is 17.3 Å². The average molecular weight is 144 g/mol. The van der Waals surface area contributed by atoms with E-state index < -0.39 is 11.4 Å². The molecule has 0 aromatic carbocycles. The molecule has 3 heteroatoms. The first-order chi connectivity index (χ1) is 4.55. The number of aliphatic carboxylic acids is 1. The SMILES string of the molecule is C[C@H]1[C@@H](CO)[C@]1(C)C(=O)O. The zero-order valence-electron chi connectivity index (χ0n) is 6.16. The molecule has 0 saturated heterocycles. The summed E-state index contributed by atoms with van der Waals surface area (Å²) in [5.74, 6) is -0.709. The fourth-order valence-corrected chi connectivity index (χ4v) is 1.54. The Balaban J connectivity index is 2.67. The molecule has 0 aromatic heterocycles. The molecule has 0 bridgehead atoms. The standard InChI is InChI=1S/C7H12O3/c1-4-5(3-8)7(4,2)6(9)10/h4-5,8H,3H2,1-2H3,(H,9,10)/t4-,5+,7+/m0/s1. The fraction of sp³-hybridized carbons (Fsp3) is 0.857. The monoisotopic (exact) mass is 144 g/mol. The predicted molar refractivity (Wildman–Crippen MR) is 35.5 cm³/mol. The molecular formula is C7H12O3. The van der Waals surface area contributed by atoms with E-state index in [1.165, 1.54) is 0 Å². The van der Waals surface area contributed by atoms with Gasteiger partial charge in [-0.3, -0.25) is 4.79 Å². The van der Waals surface area contributed by atoms with Gasteiger partial charge in [0, 0.05) is 12.5 Å². The minimum absolute atomic E-state index is 0.00995. The van der Waals surface area contributed by atoms with E-state index in [0.29, 0.717) is 0 Å². The van der Waals surface area contributed by atoms with Crippen LogP contribution in [-0.4, -0.2) is 22.8 Å². The molecule has 10 heavy (non-hydrogen) atoms. The molecule has 0 spiro atoms. The molecular weight excluding hydrogens is 132 g/mol. The molecule has 1 rings (SSSR count). The number of carboxylic acids is 1. The molecule has 3 atom stereocenters. The van der Waals surface area contributed by atoms with Crippen molar-refractivity contribution in [1.82, 2.24) is 0 Å². The highest BCUT2D eigenvalue weighted by Crippen LogP contribution is 2.57. The molecule has 3 nitrogen and oxygen atoms in total. The maximum Gasteiger partial charge on any atom is 0.310 e. The maximum atomic E-state index is 10.6. The van der Waals surface area contributed by atoms with Crippen molar-refractivity contribution in [3.05, 3.63) is 0 Å². The van der Waals surface area contributed by atoms with Crippen LogP contribution in [0.3, 0.4) is 0 Å². The molecule has 1 saturated carbocycles. The Labute approximate surface area is 59.7 Å². The van der Waals surface area contributed by atoms with Gasteiger partial charge in [-0.1, -0.05) is 6.92 Å². The third-order valence-corrected chi connectivity index (χ3v) is 2.87. The lowest BCUT2D eigenvalue weighted by molar-refractivity contribution is -0.143. The number of carboxylic acid groups (broad SMARTS) is 1. The Bertz CT molecular complexity index is 166. The molecule has 1 aliphatic rings. The van der Waals surface area contributed by atoms with E-state index in [9.17, 15) is 4.79 Å². The topological polar surface area (TPSA) is 57.5 Å². The highest BCUT2D eigenvalue weighted by Gasteiger charge is 2.63. The van der Waals surface area contributed by atoms with Gasteiger partial charge < -0.3 is 10.2 Å². The number of rotatable bonds is 2. The van der Waals surface area contributed by atoms with E-state index >= 15 is 0 Å². The van der Waals surface area contributed by atoms with Gasteiger partial charge in [-0.25, -0.2) is 0 Å². The van der Waals surface area contributed by atoms with Gasteiger partial charge in [0.25, 0.3) is 0 Å². The summed E-state index contributed by atoms with van der Waals surface area (Å²) in [6.07, 6.45) is 0. The van der Waals surface area contributed by atoms with E-state index in [1.54, 1.807) is 6.92 Å². The summed E-state index contributed by atoms with van der Waals surface area (Å²) in [5, 5.41) is 17.4. The minimum Gasteiger partial charge on any atom is -0.481 e. The largest absolute Gasteiger partial charge is 0.481 e. The molecule has 0 aliphatic heterocycles. The predicted octanol–water partition coefficient (Wildman–Crippen LogP) is 0.336. The van der Waals surface area contributed by atoms with Crippen LogP contribution < -0.4 is 0 Å². The van der Waals surface area contributed by atoms with Crippen LogP contribution in [0.2, 0.25) is 0 Å². The van der Waals surface area contributed by atoms with Crippen LogP contribution in [0.4, 0.5) is 0 Å². The second-order valence-electron chi connectivity index (χ2n) is 3.17. The lowest BCUT2D eigenvalue weighted by Crippen LogP contribution is -2.15. The quantitative estimate of drug-likeness (QED) is 0.587. The van der Waals surface area contributed by atoms with Crippen molar-refractivity contribution < 1.29 is 15.0 Å². The highest BCUT2D eigenvalue weighted by atomic mass is 16.4. The highest BCUT2D eigenvalue weighted by molar-refractivity contribution is 5.78. The summed E-state index contributed by atoms with van der Waals surface area (Å²) in [6, 6.07) is 0. The van der Waals surface area contributed by atoms with Crippen LogP contribution in [0, 0.1) is 17.3 Å². The zero-order valence-corrected chi connectivity index (χ0v) is 6.16. The van der Waals surface area contributed by atoms with Gasteiger partial charge in [0.05, 0.1) is 5.41 Å². The Hall–Kier alpha value is -0.570. The summed E-state index contributed by atoms with van der Waals surface area (Å²) in [5.41, 5.74) is -0.658. The van der Waals surface area contributed by atoms with Crippen LogP contribution in [0.25, 0.3) is 0 Å². The summed E-state index contributed by atoms with van der Waals surface area (Å²) < 4.78 is 0. The minimum atomic E-state index is -0.793. The number of hydrogen-bond acceptors (Lipinski definition) is 2. The van der Waals surface area contributed by atoms with Crippen LogP contribution in [0.15, 0.2) is 0 Å². The van der Waals surface area contributed by atoms with Gasteiger partial charge in [-0.2, -0.15) is 0 Å².